The van der Waals surface area contributed by atoms with Gasteiger partial charge in [-0.25, -0.2) is 0 Å². The second-order valence-electron chi connectivity index (χ2n) is 1.34. The van der Waals surface area contributed by atoms with E-state index < -0.39 is 6.61 Å². The van der Waals surface area contributed by atoms with Gasteiger partial charge >= 0.3 is 0 Å². The highest BCUT2D eigenvalue weighted by atomic mass is 35.5. The molecule has 2 nitrogen and oxygen atoms in total. The van der Waals surface area contributed by atoms with Crippen molar-refractivity contribution in [1.82, 2.24) is 0 Å². The second kappa shape index (κ2) is 4.85. The second-order valence-corrected chi connectivity index (χ2v) is 2.90. The molecule has 52 valence electrons. The molecule has 0 rings (SSSR count). The van der Waals surface area contributed by atoms with Crippen LogP contribution in [-0.2, 0) is 4.79 Å². The summed E-state index contributed by atoms with van der Waals surface area (Å²) in [4.78, 5) is 10.3. The molecule has 0 aliphatic heterocycles. The van der Waals surface area contributed by atoms with Crippen molar-refractivity contribution in [2.75, 3.05) is 12.4 Å². The van der Waals surface area contributed by atoms with Gasteiger partial charge in [0, 0.05) is 10.8 Å². The predicted octanol–water partition coefficient (Wildman–Crippen LogP) is 0.991. The van der Waals surface area contributed by atoms with E-state index in [1.54, 1.807) is 0 Å². The molecule has 0 spiro atoms. The Morgan fingerprint density at radius 2 is 2.33 bits per heavy atom. The van der Waals surface area contributed by atoms with Crippen molar-refractivity contribution in [3.05, 3.63) is 11.6 Å². The number of aliphatic hydroxyl groups is 1. The van der Waals surface area contributed by atoms with Gasteiger partial charge in [0.1, 0.15) is 6.61 Å². The average Bonchev–Trinajstić information content (AvgIpc) is 1.83. The Hall–Kier alpha value is 0.01000. The molecular formula is C5H7ClO2S. The molecule has 0 atom stereocenters. The third-order valence-corrected chi connectivity index (χ3v) is 1.75. The Labute approximate surface area is 62.9 Å². The van der Waals surface area contributed by atoms with Gasteiger partial charge in [0.25, 0.3) is 0 Å². The van der Waals surface area contributed by atoms with Crippen LogP contribution < -0.4 is 0 Å². The quantitative estimate of drug-likeness (QED) is 0.680. The minimum Gasteiger partial charge on any atom is -0.388 e. The van der Waals surface area contributed by atoms with Gasteiger partial charge in [-0.15, -0.1) is 0 Å². The lowest BCUT2D eigenvalue weighted by molar-refractivity contribution is -0.113. The van der Waals surface area contributed by atoms with Crippen LogP contribution in [0.2, 0.25) is 0 Å². The Balaban J connectivity index is 3.28. The molecule has 0 heterocycles. The number of halogens is 1. The fraction of sp³-hybridized carbons (Fsp3) is 0.400. The zero-order valence-corrected chi connectivity index (χ0v) is 6.34. The number of carbonyl (C=O) groups excluding carboxylic acids is 1. The van der Waals surface area contributed by atoms with E-state index in [2.05, 4.69) is 6.58 Å². The molecule has 0 amide bonds. The van der Waals surface area contributed by atoms with Gasteiger partial charge in [-0.3, -0.25) is 4.79 Å². The van der Waals surface area contributed by atoms with E-state index in [0.717, 1.165) is 11.8 Å². The zero-order chi connectivity index (χ0) is 7.28. The van der Waals surface area contributed by atoms with Crippen molar-refractivity contribution in [2.45, 2.75) is 0 Å². The summed E-state index contributed by atoms with van der Waals surface area (Å²) in [5.74, 6) is 0.376. The third-order valence-electron chi connectivity index (χ3n) is 0.519. The summed E-state index contributed by atoms with van der Waals surface area (Å²) in [6.45, 7) is 2.94. The van der Waals surface area contributed by atoms with Gasteiger partial charge in [0.2, 0.25) is 5.12 Å². The molecule has 0 radical (unpaired) electrons. The minimum absolute atomic E-state index is 0.281. The summed E-state index contributed by atoms with van der Waals surface area (Å²) in [5.41, 5.74) is 0. The smallest absolute Gasteiger partial charge is 0.214 e. The number of carbonyl (C=O) groups is 1. The summed E-state index contributed by atoms with van der Waals surface area (Å²) in [6, 6.07) is 0. The minimum atomic E-state index is -0.436. The third kappa shape index (κ3) is 5.89. The van der Waals surface area contributed by atoms with E-state index in [4.69, 9.17) is 16.7 Å². The molecule has 0 aromatic rings. The number of thioether (sulfide) groups is 1. The van der Waals surface area contributed by atoms with Gasteiger partial charge in [0.15, 0.2) is 0 Å². The van der Waals surface area contributed by atoms with Crippen LogP contribution in [0.1, 0.15) is 0 Å². The summed E-state index contributed by atoms with van der Waals surface area (Å²) in [5, 5.41) is 8.34. The Morgan fingerprint density at radius 1 is 1.78 bits per heavy atom. The normalized spacial score (nSPS) is 9.11. The summed E-state index contributed by atoms with van der Waals surface area (Å²) >= 11 is 6.29. The number of hydrogen-bond acceptors (Lipinski definition) is 3. The van der Waals surface area contributed by atoms with Gasteiger partial charge in [0.05, 0.1) is 0 Å². The molecule has 0 unspecified atom stereocenters. The molecule has 1 N–H and O–H groups in total. The lowest BCUT2D eigenvalue weighted by Crippen LogP contribution is -1.98. The SMILES string of the molecule is C=C(Cl)CSC(=O)CO. The van der Waals surface area contributed by atoms with Gasteiger partial charge < -0.3 is 5.11 Å². The van der Waals surface area contributed by atoms with E-state index in [1.807, 2.05) is 0 Å². The van der Waals surface area contributed by atoms with Gasteiger partial charge in [-0.05, 0) is 0 Å². The highest BCUT2D eigenvalue weighted by Crippen LogP contribution is 2.09. The van der Waals surface area contributed by atoms with Crippen LogP contribution in [0.4, 0.5) is 0 Å². The van der Waals surface area contributed by atoms with Crippen LogP contribution in [0.15, 0.2) is 11.6 Å². The molecule has 9 heavy (non-hydrogen) atoms. The average molecular weight is 167 g/mol. The summed E-state index contributed by atoms with van der Waals surface area (Å²) in [6.07, 6.45) is 0. The standard InChI is InChI=1S/C5H7ClO2S/c1-4(6)3-9-5(8)2-7/h7H,1-3H2. The fourth-order valence-electron chi connectivity index (χ4n) is 0.204. The molecule has 0 aliphatic carbocycles. The van der Waals surface area contributed by atoms with E-state index >= 15 is 0 Å². The summed E-state index contributed by atoms with van der Waals surface area (Å²) in [7, 11) is 0. The van der Waals surface area contributed by atoms with Crippen molar-refractivity contribution >= 4 is 28.5 Å². The van der Waals surface area contributed by atoms with E-state index in [1.165, 1.54) is 0 Å². The first-order valence-electron chi connectivity index (χ1n) is 2.26. The lowest BCUT2D eigenvalue weighted by Gasteiger charge is -1.92. The molecular weight excluding hydrogens is 160 g/mol. The molecule has 4 heteroatoms. The first-order chi connectivity index (χ1) is 4.16. The fourth-order valence-corrected chi connectivity index (χ4v) is 0.777. The van der Waals surface area contributed by atoms with Gasteiger partial charge in [-0.1, -0.05) is 29.9 Å². The molecule has 0 aromatic carbocycles. The predicted molar refractivity (Wildman–Crippen MR) is 39.5 cm³/mol. The largest absolute Gasteiger partial charge is 0.388 e. The highest BCUT2D eigenvalue weighted by molar-refractivity contribution is 8.13. The Morgan fingerprint density at radius 3 is 2.67 bits per heavy atom. The van der Waals surface area contributed by atoms with E-state index in [-0.39, 0.29) is 5.12 Å². The van der Waals surface area contributed by atoms with E-state index in [0.29, 0.717) is 10.8 Å². The van der Waals surface area contributed by atoms with Crippen LogP contribution in [0.5, 0.6) is 0 Å². The number of aliphatic hydroxyl groups excluding tert-OH is 1. The zero-order valence-electron chi connectivity index (χ0n) is 4.76. The maximum Gasteiger partial charge on any atom is 0.214 e. The van der Waals surface area contributed by atoms with Crippen LogP contribution in [0.3, 0.4) is 0 Å². The van der Waals surface area contributed by atoms with Gasteiger partial charge in [-0.2, -0.15) is 0 Å². The topological polar surface area (TPSA) is 37.3 Å². The van der Waals surface area contributed by atoms with Crippen molar-refractivity contribution in [3.63, 3.8) is 0 Å². The molecule has 0 saturated carbocycles. The maximum atomic E-state index is 10.3. The first-order valence-corrected chi connectivity index (χ1v) is 3.63. The lowest BCUT2D eigenvalue weighted by atomic mass is 10.7. The highest BCUT2D eigenvalue weighted by Gasteiger charge is 1.98. The first kappa shape index (κ1) is 9.01. The number of rotatable bonds is 3. The van der Waals surface area contributed by atoms with Crippen molar-refractivity contribution in [3.8, 4) is 0 Å². The van der Waals surface area contributed by atoms with Crippen LogP contribution in [0, 0.1) is 0 Å². The van der Waals surface area contributed by atoms with Crippen molar-refractivity contribution in [2.24, 2.45) is 0 Å². The molecule has 0 fully saturated rings. The molecule has 0 aliphatic rings. The van der Waals surface area contributed by atoms with E-state index in [9.17, 15) is 4.79 Å². The molecule has 0 saturated heterocycles. The van der Waals surface area contributed by atoms with Crippen molar-refractivity contribution in [1.29, 1.82) is 0 Å². The monoisotopic (exact) mass is 166 g/mol. The molecule has 0 aromatic heterocycles. The van der Waals surface area contributed by atoms with Crippen LogP contribution in [-0.4, -0.2) is 22.6 Å². The van der Waals surface area contributed by atoms with Crippen LogP contribution >= 0.6 is 23.4 Å². The maximum absolute atomic E-state index is 10.3. The van der Waals surface area contributed by atoms with Crippen LogP contribution in [0.25, 0.3) is 0 Å². The Bertz CT molecular complexity index is 124. The number of hydrogen-bond donors (Lipinski definition) is 1. The summed E-state index contributed by atoms with van der Waals surface area (Å²) < 4.78 is 0. The Kier molecular flexibility index (Phi) is 4.85. The molecule has 0 bridgehead atoms. The van der Waals surface area contributed by atoms with Crippen molar-refractivity contribution < 1.29 is 9.90 Å².